The molecular weight excluding hydrogens is 359 g/mol. The van der Waals surface area contributed by atoms with E-state index in [4.69, 9.17) is 21.1 Å². The van der Waals surface area contributed by atoms with Gasteiger partial charge in [0, 0.05) is 0 Å². The van der Waals surface area contributed by atoms with Crippen molar-refractivity contribution in [3.63, 3.8) is 0 Å². The standard InChI is InChI=1S/C20H26ClFO4/c1-20(2,3)13-7-9-14(10-8-13)25-17(23)11-12-18(24)26-19-15(21)5-4-6-16(19)22/h4-6,13-14H,7-12H2,1-3H3. The summed E-state index contributed by atoms with van der Waals surface area (Å²) in [5.74, 6) is -1.54. The summed E-state index contributed by atoms with van der Waals surface area (Å²) in [5, 5.41) is 0.0107. The van der Waals surface area contributed by atoms with Crippen LogP contribution in [0.15, 0.2) is 18.2 Å². The summed E-state index contributed by atoms with van der Waals surface area (Å²) in [6.07, 6.45) is 3.42. The Labute approximate surface area is 159 Å². The van der Waals surface area contributed by atoms with Gasteiger partial charge in [0.2, 0.25) is 0 Å². The lowest BCUT2D eigenvalue weighted by Crippen LogP contribution is -2.30. The Morgan fingerprint density at radius 2 is 1.73 bits per heavy atom. The summed E-state index contributed by atoms with van der Waals surface area (Å²) < 4.78 is 23.9. The van der Waals surface area contributed by atoms with Crippen molar-refractivity contribution in [1.29, 1.82) is 0 Å². The van der Waals surface area contributed by atoms with E-state index in [0.29, 0.717) is 5.92 Å². The molecule has 0 spiro atoms. The Bertz CT molecular complexity index is 625. The number of carbonyl (C=O) groups is 2. The maximum atomic E-state index is 13.6. The van der Waals surface area contributed by atoms with Crippen LogP contribution in [0.4, 0.5) is 4.39 Å². The predicted octanol–water partition coefficient (Wildman–Crippen LogP) is 5.31. The summed E-state index contributed by atoms with van der Waals surface area (Å²) in [6, 6.07) is 3.99. The zero-order valence-electron chi connectivity index (χ0n) is 15.5. The fraction of sp³-hybridized carbons (Fsp3) is 0.600. The lowest BCUT2D eigenvalue weighted by molar-refractivity contribution is -0.153. The van der Waals surface area contributed by atoms with Crippen LogP contribution in [-0.4, -0.2) is 18.0 Å². The number of hydrogen-bond donors (Lipinski definition) is 0. The third-order valence-corrected chi connectivity index (χ3v) is 5.16. The Kier molecular flexibility index (Phi) is 7.04. The highest BCUT2D eigenvalue weighted by atomic mass is 35.5. The highest BCUT2D eigenvalue weighted by Crippen LogP contribution is 2.38. The van der Waals surface area contributed by atoms with Crippen LogP contribution < -0.4 is 4.74 Å². The first-order valence-corrected chi connectivity index (χ1v) is 9.39. The molecule has 1 saturated carbocycles. The number of hydrogen-bond acceptors (Lipinski definition) is 4. The van der Waals surface area contributed by atoms with E-state index in [2.05, 4.69) is 20.8 Å². The Morgan fingerprint density at radius 3 is 2.31 bits per heavy atom. The van der Waals surface area contributed by atoms with Crippen molar-refractivity contribution in [2.45, 2.75) is 65.4 Å². The molecule has 1 aromatic carbocycles. The first kappa shape index (κ1) is 20.7. The summed E-state index contributed by atoms with van der Waals surface area (Å²) >= 11 is 5.80. The number of ether oxygens (including phenoxy) is 2. The van der Waals surface area contributed by atoms with Gasteiger partial charge in [-0.1, -0.05) is 38.4 Å². The molecule has 1 aliphatic carbocycles. The van der Waals surface area contributed by atoms with Crippen molar-refractivity contribution in [2.75, 3.05) is 0 Å². The Morgan fingerprint density at radius 1 is 1.12 bits per heavy atom. The summed E-state index contributed by atoms with van der Waals surface area (Å²) in [7, 11) is 0. The van der Waals surface area contributed by atoms with Gasteiger partial charge in [-0.2, -0.15) is 0 Å². The van der Waals surface area contributed by atoms with E-state index >= 15 is 0 Å². The molecule has 0 amide bonds. The van der Waals surface area contributed by atoms with E-state index < -0.39 is 17.8 Å². The summed E-state index contributed by atoms with van der Waals surface area (Å²) in [4.78, 5) is 23.8. The topological polar surface area (TPSA) is 52.6 Å². The maximum absolute atomic E-state index is 13.6. The van der Waals surface area contributed by atoms with Gasteiger partial charge in [0.15, 0.2) is 11.6 Å². The van der Waals surface area contributed by atoms with E-state index in [1.807, 2.05) is 0 Å². The molecule has 26 heavy (non-hydrogen) atoms. The zero-order valence-corrected chi connectivity index (χ0v) is 16.3. The van der Waals surface area contributed by atoms with Gasteiger partial charge in [0.05, 0.1) is 17.9 Å². The van der Waals surface area contributed by atoms with E-state index in [9.17, 15) is 14.0 Å². The van der Waals surface area contributed by atoms with Crippen molar-refractivity contribution >= 4 is 23.5 Å². The average Bonchev–Trinajstić information content (AvgIpc) is 2.56. The van der Waals surface area contributed by atoms with Crippen LogP contribution >= 0.6 is 11.6 Å². The molecule has 0 aliphatic heterocycles. The molecular formula is C20H26ClFO4. The quantitative estimate of drug-likeness (QED) is 0.509. The van der Waals surface area contributed by atoms with Gasteiger partial charge < -0.3 is 9.47 Å². The van der Waals surface area contributed by atoms with Gasteiger partial charge in [0.25, 0.3) is 0 Å². The number of rotatable bonds is 5. The fourth-order valence-corrected chi connectivity index (χ4v) is 3.44. The first-order valence-electron chi connectivity index (χ1n) is 9.01. The van der Waals surface area contributed by atoms with Crippen LogP contribution in [0.5, 0.6) is 5.75 Å². The normalized spacial score (nSPS) is 20.5. The largest absolute Gasteiger partial charge is 0.462 e. The third kappa shape index (κ3) is 5.97. The third-order valence-electron chi connectivity index (χ3n) is 4.87. The van der Waals surface area contributed by atoms with Crippen molar-refractivity contribution in [3.05, 3.63) is 29.0 Å². The van der Waals surface area contributed by atoms with Crippen LogP contribution in [-0.2, 0) is 14.3 Å². The molecule has 0 saturated heterocycles. The molecule has 0 atom stereocenters. The lowest BCUT2D eigenvalue weighted by atomic mass is 9.72. The number of esters is 2. The minimum atomic E-state index is -0.718. The van der Waals surface area contributed by atoms with E-state index in [-0.39, 0.29) is 35.1 Å². The van der Waals surface area contributed by atoms with Crippen LogP contribution in [0.3, 0.4) is 0 Å². The minimum absolute atomic E-state index is 0.0107. The van der Waals surface area contributed by atoms with Gasteiger partial charge in [0.1, 0.15) is 6.10 Å². The van der Waals surface area contributed by atoms with Gasteiger partial charge >= 0.3 is 11.9 Å². The minimum Gasteiger partial charge on any atom is -0.462 e. The van der Waals surface area contributed by atoms with Crippen molar-refractivity contribution in [3.8, 4) is 5.75 Å². The molecule has 1 fully saturated rings. The fourth-order valence-electron chi connectivity index (χ4n) is 3.24. The average molecular weight is 385 g/mol. The van der Waals surface area contributed by atoms with Gasteiger partial charge in [-0.15, -0.1) is 0 Å². The highest BCUT2D eigenvalue weighted by Gasteiger charge is 2.31. The molecule has 0 heterocycles. The van der Waals surface area contributed by atoms with Crippen LogP contribution in [0.2, 0.25) is 5.02 Å². The van der Waals surface area contributed by atoms with E-state index in [0.717, 1.165) is 31.7 Å². The molecule has 1 aromatic rings. The number of benzene rings is 1. The molecule has 4 nitrogen and oxygen atoms in total. The molecule has 1 aliphatic rings. The number of para-hydroxylation sites is 1. The molecule has 0 N–H and O–H groups in total. The molecule has 144 valence electrons. The second kappa shape index (κ2) is 8.85. The monoisotopic (exact) mass is 384 g/mol. The summed E-state index contributed by atoms with van der Waals surface area (Å²) in [6.45, 7) is 6.70. The van der Waals surface area contributed by atoms with Gasteiger partial charge in [-0.3, -0.25) is 9.59 Å². The predicted molar refractivity (Wildman–Crippen MR) is 97.6 cm³/mol. The van der Waals surface area contributed by atoms with Crippen molar-refractivity contribution in [2.24, 2.45) is 11.3 Å². The molecule has 0 bridgehead atoms. The second-order valence-electron chi connectivity index (χ2n) is 7.85. The van der Waals surface area contributed by atoms with Gasteiger partial charge in [-0.05, 0) is 49.1 Å². The second-order valence-corrected chi connectivity index (χ2v) is 8.26. The number of halogens is 2. The van der Waals surface area contributed by atoms with E-state index in [1.165, 1.54) is 12.1 Å². The number of carbonyl (C=O) groups excluding carboxylic acids is 2. The molecule has 0 aromatic heterocycles. The van der Waals surface area contributed by atoms with Crippen LogP contribution in [0.1, 0.15) is 59.3 Å². The molecule has 2 rings (SSSR count). The van der Waals surface area contributed by atoms with Gasteiger partial charge in [-0.25, -0.2) is 4.39 Å². The smallest absolute Gasteiger partial charge is 0.311 e. The molecule has 0 unspecified atom stereocenters. The molecule has 6 heteroatoms. The maximum Gasteiger partial charge on any atom is 0.311 e. The van der Waals surface area contributed by atoms with Crippen molar-refractivity contribution in [1.82, 2.24) is 0 Å². The van der Waals surface area contributed by atoms with Crippen LogP contribution in [0, 0.1) is 17.2 Å². The van der Waals surface area contributed by atoms with Crippen molar-refractivity contribution < 1.29 is 23.5 Å². The summed E-state index contributed by atoms with van der Waals surface area (Å²) in [5.41, 5.74) is 0.271. The highest BCUT2D eigenvalue weighted by molar-refractivity contribution is 6.32. The Balaban J connectivity index is 1.73. The van der Waals surface area contributed by atoms with Crippen LogP contribution in [0.25, 0.3) is 0 Å². The SMILES string of the molecule is CC(C)(C)C1CCC(OC(=O)CCC(=O)Oc2c(F)cccc2Cl)CC1. The Hall–Kier alpha value is -1.62. The first-order chi connectivity index (χ1) is 12.2. The zero-order chi connectivity index (χ0) is 19.3. The molecule has 0 radical (unpaired) electrons. The van der Waals surface area contributed by atoms with E-state index in [1.54, 1.807) is 0 Å². The lowest BCUT2D eigenvalue weighted by Gasteiger charge is -2.36.